The first-order chi connectivity index (χ1) is 23.2. The quantitative estimate of drug-likeness (QED) is 0.204. The van der Waals surface area contributed by atoms with E-state index < -0.39 is 22.2 Å². The second-order valence-electron chi connectivity index (χ2n) is 18.5. The molecule has 8 rings (SSSR count). The number of carboxylic acid groups (broad SMARTS) is 1. The van der Waals surface area contributed by atoms with Gasteiger partial charge < -0.3 is 19.5 Å². The van der Waals surface area contributed by atoms with Crippen LogP contribution >= 0.6 is 0 Å². The monoisotopic (exact) mass is 663 g/mol. The number of ether oxygens (including phenoxy) is 1. The van der Waals surface area contributed by atoms with Gasteiger partial charge in [0, 0.05) is 51.2 Å². The lowest BCUT2D eigenvalue weighted by Crippen LogP contribution is -2.65. The van der Waals surface area contributed by atoms with Gasteiger partial charge in [-0.3, -0.25) is 14.6 Å². The van der Waals surface area contributed by atoms with E-state index in [1.807, 2.05) is 0 Å². The van der Waals surface area contributed by atoms with Crippen LogP contribution in [0.4, 0.5) is 0 Å². The zero-order valence-corrected chi connectivity index (χ0v) is 30.4. The molecule has 3 aliphatic heterocycles. The summed E-state index contributed by atoms with van der Waals surface area (Å²) in [6.07, 6.45) is 19.1. The van der Waals surface area contributed by atoms with Gasteiger partial charge >= 0.3 is 5.97 Å². The summed E-state index contributed by atoms with van der Waals surface area (Å²) in [7, 11) is 0. The third-order valence-corrected chi connectivity index (χ3v) is 16.1. The number of rotatable bonds is 11. The Morgan fingerprint density at radius 2 is 1.62 bits per heavy atom. The van der Waals surface area contributed by atoms with Crippen molar-refractivity contribution in [3.8, 4) is 0 Å². The third-order valence-electron chi connectivity index (χ3n) is 16.1. The molecule has 0 spiro atoms. The SMILES string of the molecule is CC(C)C1=CC2CC3(C=O)[C@@H]4CC[C@@H](C)[C@H]4CC2(C2CC(CC4CCCC4)C(CN4CCN(CCN5CCCCC5)CC4)O2)[C@]13C(=O)O. The molecular weight excluding hydrogens is 598 g/mol. The Morgan fingerprint density at radius 3 is 2.29 bits per heavy atom. The molecule has 48 heavy (non-hydrogen) atoms. The summed E-state index contributed by atoms with van der Waals surface area (Å²) in [6, 6.07) is 0. The highest BCUT2D eigenvalue weighted by molar-refractivity contribution is 5.90. The van der Waals surface area contributed by atoms with E-state index in [0.29, 0.717) is 24.2 Å². The van der Waals surface area contributed by atoms with E-state index in [9.17, 15) is 14.7 Å². The largest absolute Gasteiger partial charge is 0.481 e. The van der Waals surface area contributed by atoms with Crippen molar-refractivity contribution in [3.05, 3.63) is 11.6 Å². The van der Waals surface area contributed by atoms with Crippen LogP contribution in [-0.4, -0.2) is 103 Å². The van der Waals surface area contributed by atoms with Gasteiger partial charge in [0.15, 0.2) is 0 Å². The Hall–Kier alpha value is -1.28. The fourth-order valence-corrected chi connectivity index (χ4v) is 14.0. The van der Waals surface area contributed by atoms with Crippen molar-refractivity contribution >= 4 is 12.3 Å². The minimum atomic E-state index is -1.14. The molecule has 7 nitrogen and oxygen atoms in total. The maximum absolute atomic E-state index is 14.2. The van der Waals surface area contributed by atoms with Gasteiger partial charge in [-0.15, -0.1) is 0 Å². The Balaban J connectivity index is 1.06. The van der Waals surface area contributed by atoms with E-state index in [-0.39, 0.29) is 30.0 Å². The molecule has 8 aliphatic rings. The van der Waals surface area contributed by atoms with Crippen molar-refractivity contribution in [2.45, 2.75) is 116 Å². The molecule has 0 amide bonds. The molecule has 0 aromatic rings. The second kappa shape index (κ2) is 13.0. The molecule has 3 saturated heterocycles. The van der Waals surface area contributed by atoms with E-state index >= 15 is 0 Å². The molecule has 0 aromatic carbocycles. The second-order valence-corrected chi connectivity index (χ2v) is 18.5. The van der Waals surface area contributed by atoms with Crippen LogP contribution in [0.15, 0.2) is 11.6 Å². The molecule has 4 bridgehead atoms. The number of carbonyl (C=O) groups excluding carboxylic acids is 1. The molecule has 5 aliphatic carbocycles. The highest BCUT2D eigenvalue weighted by atomic mass is 16.5. The number of hydrogen-bond acceptors (Lipinski definition) is 6. The van der Waals surface area contributed by atoms with Gasteiger partial charge in [0.1, 0.15) is 11.7 Å². The van der Waals surface area contributed by atoms with Crippen molar-refractivity contribution < 1.29 is 19.4 Å². The van der Waals surface area contributed by atoms with E-state index in [4.69, 9.17) is 4.74 Å². The van der Waals surface area contributed by atoms with E-state index in [1.165, 1.54) is 83.8 Å². The van der Waals surface area contributed by atoms with Crippen molar-refractivity contribution in [2.75, 3.05) is 58.9 Å². The van der Waals surface area contributed by atoms with Gasteiger partial charge in [-0.2, -0.15) is 0 Å². The predicted molar refractivity (Wildman–Crippen MR) is 189 cm³/mol. The van der Waals surface area contributed by atoms with Crippen molar-refractivity contribution in [1.29, 1.82) is 0 Å². The van der Waals surface area contributed by atoms with Crippen molar-refractivity contribution in [2.24, 2.45) is 57.7 Å². The zero-order chi connectivity index (χ0) is 33.3. The number of aldehydes is 1. The molecule has 3 heterocycles. The highest BCUT2D eigenvalue weighted by Gasteiger charge is 2.86. The number of allylic oxidation sites excluding steroid dienone is 1. The number of nitrogens with zero attached hydrogens (tertiary/aromatic N) is 3. The molecular formula is C41H65N3O4. The van der Waals surface area contributed by atoms with E-state index in [1.54, 1.807) is 0 Å². The first-order valence-corrected chi connectivity index (χ1v) is 20.5. The third kappa shape index (κ3) is 5.00. The van der Waals surface area contributed by atoms with Crippen LogP contribution in [0, 0.1) is 57.7 Å². The molecule has 1 N–H and O–H groups in total. The average molecular weight is 664 g/mol. The van der Waals surface area contributed by atoms with Gasteiger partial charge in [-0.1, -0.05) is 70.9 Å². The summed E-state index contributed by atoms with van der Waals surface area (Å²) in [6.45, 7) is 17.1. The summed E-state index contributed by atoms with van der Waals surface area (Å²) >= 11 is 0. The minimum Gasteiger partial charge on any atom is -0.481 e. The molecule has 7 heteroatoms. The lowest BCUT2D eigenvalue weighted by Gasteiger charge is -2.60. The lowest BCUT2D eigenvalue weighted by atomic mass is 9.41. The van der Waals surface area contributed by atoms with Crippen LogP contribution in [0.1, 0.15) is 104 Å². The minimum absolute atomic E-state index is 0.0936. The highest BCUT2D eigenvalue weighted by Crippen LogP contribution is 2.84. The standard InChI is InChI=1S/C41H65N3O4/c1-28(2)35-23-32-24-39(27-45)34-12-11-29(3)33(34)25-40(32,41(35,39)38(46)47)37-22-31(21-30-9-5-6-10-30)36(48-37)26-44-19-17-43(18-20-44)16-15-42-13-7-4-8-14-42/h23,27-34,36-37H,4-22,24-26H2,1-3H3,(H,46,47)/t29-,31?,32?,33-,34-,36?,37?,39?,40?,41+/m1/s1. The first kappa shape index (κ1) is 33.8. The van der Waals surface area contributed by atoms with Crippen LogP contribution in [0.5, 0.6) is 0 Å². The van der Waals surface area contributed by atoms with Crippen molar-refractivity contribution in [3.63, 3.8) is 0 Å². The topological polar surface area (TPSA) is 73.3 Å². The summed E-state index contributed by atoms with van der Waals surface area (Å²) in [4.78, 5) is 35.8. The normalized spacial score (nSPS) is 45.2. The zero-order valence-electron chi connectivity index (χ0n) is 30.4. The number of aliphatic carboxylic acids is 1. The van der Waals surface area contributed by atoms with Crippen LogP contribution in [0.25, 0.3) is 0 Å². The van der Waals surface area contributed by atoms with Crippen LogP contribution in [0.2, 0.25) is 0 Å². The van der Waals surface area contributed by atoms with Gasteiger partial charge in [-0.25, -0.2) is 0 Å². The number of piperidine rings is 1. The predicted octanol–water partition coefficient (Wildman–Crippen LogP) is 6.37. The average Bonchev–Trinajstić information content (AvgIpc) is 3.91. The molecule has 268 valence electrons. The first-order valence-electron chi connectivity index (χ1n) is 20.5. The molecule has 0 aromatic heterocycles. The number of carboxylic acids is 1. The molecule has 7 fully saturated rings. The lowest BCUT2D eigenvalue weighted by molar-refractivity contribution is -0.197. The Bertz CT molecular complexity index is 1230. The number of hydrogen-bond donors (Lipinski definition) is 1. The molecule has 0 radical (unpaired) electrons. The number of piperazine rings is 1. The molecule has 6 unspecified atom stereocenters. The van der Waals surface area contributed by atoms with E-state index in [2.05, 4.69) is 41.5 Å². The molecule has 10 atom stereocenters. The van der Waals surface area contributed by atoms with Gasteiger partial charge in [0.25, 0.3) is 0 Å². The summed E-state index contributed by atoms with van der Waals surface area (Å²) in [5, 5.41) is 11.6. The number of likely N-dealkylation sites (tertiary alicyclic amines) is 1. The van der Waals surface area contributed by atoms with Crippen LogP contribution in [0.3, 0.4) is 0 Å². The number of carbonyl (C=O) groups is 2. The fourth-order valence-electron chi connectivity index (χ4n) is 14.0. The molecule has 4 saturated carbocycles. The van der Waals surface area contributed by atoms with Crippen LogP contribution in [-0.2, 0) is 14.3 Å². The van der Waals surface area contributed by atoms with Crippen LogP contribution < -0.4 is 0 Å². The summed E-state index contributed by atoms with van der Waals surface area (Å²) in [5.41, 5.74) is -1.41. The van der Waals surface area contributed by atoms with E-state index in [0.717, 1.165) is 69.9 Å². The Labute approximate surface area is 290 Å². The number of fused-ring (bicyclic) bond motifs is 2. The Kier molecular flexibility index (Phi) is 9.20. The maximum Gasteiger partial charge on any atom is 0.315 e. The smallest absolute Gasteiger partial charge is 0.315 e. The Morgan fingerprint density at radius 1 is 0.938 bits per heavy atom. The van der Waals surface area contributed by atoms with Crippen molar-refractivity contribution in [1.82, 2.24) is 14.7 Å². The maximum atomic E-state index is 14.2. The summed E-state index contributed by atoms with van der Waals surface area (Å²) < 4.78 is 7.48. The van der Waals surface area contributed by atoms with Gasteiger partial charge in [0.2, 0.25) is 0 Å². The fraction of sp³-hybridized carbons (Fsp3) is 0.902. The van der Waals surface area contributed by atoms with Gasteiger partial charge in [0.05, 0.1) is 17.6 Å². The summed E-state index contributed by atoms with van der Waals surface area (Å²) in [5.74, 6) is 1.89. The van der Waals surface area contributed by atoms with Gasteiger partial charge in [-0.05, 0) is 99.5 Å².